The zero-order chi connectivity index (χ0) is 14.5. The Kier molecular flexibility index (Phi) is 5.15. The molecule has 0 fully saturated rings. The van der Waals surface area contributed by atoms with E-state index in [2.05, 4.69) is 5.32 Å². The van der Waals surface area contributed by atoms with Gasteiger partial charge in [-0.05, 0) is 52.0 Å². The zero-order valence-corrected chi connectivity index (χ0v) is 11.9. The SMILES string of the molecule is CCN(CNC(=O)OC(C)(C)C)c1ccc(F)cc1. The maximum atomic E-state index is 12.8. The normalized spacial score (nSPS) is 11.0. The molecule has 0 aromatic heterocycles. The van der Waals surface area contributed by atoms with Crippen molar-refractivity contribution in [1.82, 2.24) is 5.32 Å². The van der Waals surface area contributed by atoms with Crippen LogP contribution >= 0.6 is 0 Å². The number of hydrogen-bond donors (Lipinski definition) is 1. The summed E-state index contributed by atoms with van der Waals surface area (Å²) in [5.74, 6) is -0.278. The van der Waals surface area contributed by atoms with E-state index in [0.717, 1.165) is 5.69 Å². The third-order valence-electron chi connectivity index (χ3n) is 2.39. The molecule has 5 heteroatoms. The molecule has 106 valence electrons. The molecular formula is C14H21FN2O2. The molecule has 0 aliphatic heterocycles. The summed E-state index contributed by atoms with van der Waals surface area (Å²) < 4.78 is 18.0. The fourth-order valence-electron chi connectivity index (χ4n) is 1.51. The summed E-state index contributed by atoms with van der Waals surface area (Å²) in [6.45, 7) is 8.40. The number of nitrogens with one attached hydrogen (secondary N) is 1. The van der Waals surface area contributed by atoms with Crippen LogP contribution in [0.2, 0.25) is 0 Å². The van der Waals surface area contributed by atoms with E-state index in [1.807, 2.05) is 32.6 Å². The van der Waals surface area contributed by atoms with Crippen molar-refractivity contribution in [1.29, 1.82) is 0 Å². The number of hydrogen-bond acceptors (Lipinski definition) is 3. The van der Waals surface area contributed by atoms with E-state index in [1.54, 1.807) is 12.1 Å². The smallest absolute Gasteiger partial charge is 0.409 e. The summed E-state index contributed by atoms with van der Waals surface area (Å²) in [5.41, 5.74) is 0.330. The summed E-state index contributed by atoms with van der Waals surface area (Å²) in [5, 5.41) is 2.67. The zero-order valence-electron chi connectivity index (χ0n) is 11.9. The monoisotopic (exact) mass is 268 g/mol. The molecule has 0 aliphatic rings. The van der Waals surface area contributed by atoms with Crippen LogP contribution in [0.25, 0.3) is 0 Å². The Balaban J connectivity index is 2.54. The van der Waals surface area contributed by atoms with E-state index >= 15 is 0 Å². The molecule has 0 aliphatic carbocycles. The van der Waals surface area contributed by atoms with E-state index in [9.17, 15) is 9.18 Å². The fourth-order valence-corrected chi connectivity index (χ4v) is 1.51. The van der Waals surface area contributed by atoms with Crippen molar-refractivity contribution in [3.63, 3.8) is 0 Å². The highest BCUT2D eigenvalue weighted by molar-refractivity contribution is 5.68. The second-order valence-electron chi connectivity index (χ2n) is 5.17. The van der Waals surface area contributed by atoms with Gasteiger partial charge in [-0.2, -0.15) is 0 Å². The summed E-state index contributed by atoms with van der Waals surface area (Å²) >= 11 is 0. The van der Waals surface area contributed by atoms with Crippen LogP contribution in [-0.4, -0.2) is 24.9 Å². The van der Waals surface area contributed by atoms with Gasteiger partial charge in [-0.15, -0.1) is 0 Å². The molecule has 0 unspecified atom stereocenters. The first-order valence-corrected chi connectivity index (χ1v) is 6.29. The van der Waals surface area contributed by atoms with Gasteiger partial charge in [0.15, 0.2) is 0 Å². The van der Waals surface area contributed by atoms with Crippen LogP contribution in [0.3, 0.4) is 0 Å². The van der Waals surface area contributed by atoms with Crippen LogP contribution in [0.5, 0.6) is 0 Å². The van der Waals surface area contributed by atoms with Crippen molar-refractivity contribution in [3.8, 4) is 0 Å². The van der Waals surface area contributed by atoms with Gasteiger partial charge in [0.1, 0.15) is 11.4 Å². The van der Waals surface area contributed by atoms with Gasteiger partial charge in [0, 0.05) is 12.2 Å². The fraction of sp³-hybridized carbons (Fsp3) is 0.500. The predicted molar refractivity (Wildman–Crippen MR) is 73.7 cm³/mol. The maximum absolute atomic E-state index is 12.8. The highest BCUT2D eigenvalue weighted by Gasteiger charge is 2.16. The van der Waals surface area contributed by atoms with Crippen molar-refractivity contribution in [2.75, 3.05) is 18.1 Å². The van der Waals surface area contributed by atoms with Crippen LogP contribution in [0, 0.1) is 5.82 Å². The number of ether oxygens (including phenoxy) is 1. The van der Waals surface area contributed by atoms with E-state index in [1.165, 1.54) is 12.1 Å². The largest absolute Gasteiger partial charge is 0.444 e. The van der Waals surface area contributed by atoms with Crippen LogP contribution < -0.4 is 10.2 Å². The van der Waals surface area contributed by atoms with Crippen molar-refractivity contribution >= 4 is 11.8 Å². The summed E-state index contributed by atoms with van der Waals surface area (Å²) in [4.78, 5) is 13.5. The molecule has 0 spiro atoms. The van der Waals surface area contributed by atoms with Gasteiger partial charge in [0.2, 0.25) is 0 Å². The van der Waals surface area contributed by atoms with Gasteiger partial charge in [0.05, 0.1) is 6.67 Å². The Bertz CT molecular complexity index is 412. The first-order valence-electron chi connectivity index (χ1n) is 6.29. The highest BCUT2D eigenvalue weighted by Crippen LogP contribution is 2.13. The molecular weight excluding hydrogens is 247 g/mol. The average molecular weight is 268 g/mol. The van der Waals surface area contributed by atoms with Crippen LogP contribution in [0.4, 0.5) is 14.9 Å². The second kappa shape index (κ2) is 6.41. The number of carbonyl (C=O) groups excluding carboxylic acids is 1. The van der Waals surface area contributed by atoms with E-state index in [-0.39, 0.29) is 5.82 Å². The number of amides is 1. The minimum atomic E-state index is -0.517. The van der Waals surface area contributed by atoms with Crippen molar-refractivity contribution in [2.45, 2.75) is 33.3 Å². The number of halogens is 1. The van der Waals surface area contributed by atoms with Crippen LogP contribution in [0.15, 0.2) is 24.3 Å². The molecule has 0 bridgehead atoms. The summed E-state index contributed by atoms with van der Waals surface area (Å²) in [6, 6.07) is 6.14. The number of carbonyl (C=O) groups is 1. The number of alkyl carbamates (subject to hydrolysis) is 1. The van der Waals surface area contributed by atoms with E-state index in [0.29, 0.717) is 13.2 Å². The number of nitrogens with zero attached hydrogens (tertiary/aromatic N) is 1. The molecule has 4 nitrogen and oxygen atoms in total. The molecule has 0 saturated heterocycles. The highest BCUT2D eigenvalue weighted by atomic mass is 19.1. The first-order chi connectivity index (χ1) is 8.81. The van der Waals surface area contributed by atoms with Gasteiger partial charge in [0.25, 0.3) is 0 Å². The standard InChI is InChI=1S/C14H21FN2O2/c1-5-17(12-8-6-11(15)7-9-12)10-16-13(18)19-14(2,3)4/h6-9H,5,10H2,1-4H3,(H,16,18). The van der Waals surface area contributed by atoms with Gasteiger partial charge in [-0.3, -0.25) is 0 Å². The topological polar surface area (TPSA) is 41.6 Å². The van der Waals surface area contributed by atoms with Gasteiger partial charge < -0.3 is 15.0 Å². The molecule has 0 saturated carbocycles. The van der Waals surface area contributed by atoms with Gasteiger partial charge in [-0.1, -0.05) is 0 Å². The van der Waals surface area contributed by atoms with E-state index in [4.69, 9.17) is 4.74 Å². The Morgan fingerprint density at radius 2 is 1.89 bits per heavy atom. The Hall–Kier alpha value is -1.78. The number of benzene rings is 1. The Morgan fingerprint density at radius 1 is 1.32 bits per heavy atom. The lowest BCUT2D eigenvalue weighted by Crippen LogP contribution is -2.40. The lowest BCUT2D eigenvalue weighted by Gasteiger charge is -2.25. The third-order valence-corrected chi connectivity index (χ3v) is 2.39. The third kappa shape index (κ3) is 5.59. The second-order valence-corrected chi connectivity index (χ2v) is 5.17. The van der Waals surface area contributed by atoms with E-state index < -0.39 is 11.7 Å². The van der Waals surface area contributed by atoms with Gasteiger partial charge in [-0.25, -0.2) is 9.18 Å². The van der Waals surface area contributed by atoms with Gasteiger partial charge >= 0.3 is 6.09 Å². The molecule has 1 amide bonds. The molecule has 0 radical (unpaired) electrons. The molecule has 1 aromatic carbocycles. The molecule has 1 rings (SSSR count). The molecule has 0 heterocycles. The minimum Gasteiger partial charge on any atom is -0.444 e. The minimum absolute atomic E-state index is 0.278. The molecule has 1 aromatic rings. The lowest BCUT2D eigenvalue weighted by molar-refractivity contribution is 0.0528. The number of rotatable bonds is 4. The van der Waals surface area contributed by atoms with Crippen molar-refractivity contribution in [2.24, 2.45) is 0 Å². The molecule has 1 N–H and O–H groups in total. The predicted octanol–water partition coefficient (Wildman–Crippen LogP) is 3.13. The quantitative estimate of drug-likeness (QED) is 0.853. The molecule has 0 atom stereocenters. The number of anilines is 1. The Labute approximate surface area is 113 Å². The molecule has 19 heavy (non-hydrogen) atoms. The summed E-state index contributed by atoms with van der Waals surface area (Å²) in [7, 11) is 0. The first kappa shape index (κ1) is 15.3. The van der Waals surface area contributed by atoms with Crippen molar-refractivity contribution in [3.05, 3.63) is 30.1 Å². The lowest BCUT2D eigenvalue weighted by atomic mass is 10.2. The Morgan fingerprint density at radius 3 is 2.37 bits per heavy atom. The average Bonchev–Trinajstić information content (AvgIpc) is 2.29. The summed E-state index contributed by atoms with van der Waals surface area (Å²) in [6.07, 6.45) is -0.465. The van der Waals surface area contributed by atoms with Crippen LogP contribution in [0.1, 0.15) is 27.7 Å². The van der Waals surface area contributed by atoms with Crippen molar-refractivity contribution < 1.29 is 13.9 Å². The van der Waals surface area contributed by atoms with Crippen LogP contribution in [-0.2, 0) is 4.74 Å². The maximum Gasteiger partial charge on any atom is 0.409 e.